The quantitative estimate of drug-likeness (QED) is 0.538. The molecule has 0 radical (unpaired) electrons. The van der Waals surface area contributed by atoms with E-state index in [1.165, 1.54) is 0 Å². The Morgan fingerprint density at radius 1 is 1.54 bits per heavy atom. The minimum atomic E-state index is -0.588. The Kier molecular flexibility index (Phi) is 2.24. The summed E-state index contributed by atoms with van der Waals surface area (Å²) in [5.41, 5.74) is 0. The fraction of sp³-hybridized carbons (Fsp3) is 0.889. The zero-order valence-corrected chi connectivity index (χ0v) is 8.20. The van der Waals surface area contributed by atoms with Crippen LogP contribution in [0.5, 0.6) is 0 Å². The second-order valence-electron chi connectivity index (χ2n) is 3.96. The molecule has 2 aliphatic rings. The van der Waals surface area contributed by atoms with Crippen LogP contribution in [-0.4, -0.2) is 28.7 Å². The van der Waals surface area contributed by atoms with E-state index in [1.807, 2.05) is 0 Å². The monoisotopic (exact) mass is 204 g/mol. The average molecular weight is 205 g/mol. The van der Waals surface area contributed by atoms with Crippen LogP contribution in [0.3, 0.4) is 0 Å². The fourth-order valence-electron chi connectivity index (χ4n) is 2.07. The van der Waals surface area contributed by atoms with Gasteiger partial charge in [0.25, 0.3) is 0 Å². The molecular weight excluding hydrogens is 192 g/mol. The minimum absolute atomic E-state index is 0.0892. The first-order valence-corrected chi connectivity index (χ1v) is 5.06. The molecule has 74 valence electrons. The third-order valence-electron chi connectivity index (χ3n) is 2.93. The Bertz CT molecular complexity index is 229. The standard InChI is InChI=1S/C9H13ClO3/c1-4(10)9(12)13-8-3-7(11)5-2-6(5)8/h4-8,11H,2-3H2,1H3/t4-,5+,6-,7+,8-/m0/s1. The normalized spacial score (nSPS) is 43.9. The molecular formula is C9H13ClO3. The fourth-order valence-corrected chi connectivity index (χ4v) is 2.12. The van der Waals surface area contributed by atoms with Crippen LogP contribution in [0.15, 0.2) is 0 Å². The Balaban J connectivity index is 1.86. The van der Waals surface area contributed by atoms with E-state index in [1.54, 1.807) is 6.92 Å². The number of alkyl halides is 1. The number of hydrogen-bond donors (Lipinski definition) is 1. The first-order valence-electron chi connectivity index (χ1n) is 4.62. The van der Waals surface area contributed by atoms with Gasteiger partial charge < -0.3 is 9.84 Å². The van der Waals surface area contributed by atoms with E-state index in [2.05, 4.69) is 0 Å². The largest absolute Gasteiger partial charge is 0.461 e. The molecule has 0 heterocycles. The van der Waals surface area contributed by atoms with Gasteiger partial charge in [-0.3, -0.25) is 4.79 Å². The molecule has 4 heteroatoms. The molecule has 2 fully saturated rings. The maximum absolute atomic E-state index is 11.1. The van der Waals surface area contributed by atoms with Crippen LogP contribution in [0.4, 0.5) is 0 Å². The molecule has 0 saturated heterocycles. The summed E-state index contributed by atoms with van der Waals surface area (Å²) in [6, 6.07) is 0. The zero-order chi connectivity index (χ0) is 9.59. The number of aliphatic hydroxyl groups excluding tert-OH is 1. The van der Waals surface area contributed by atoms with Crippen molar-refractivity contribution in [3.8, 4) is 0 Å². The summed E-state index contributed by atoms with van der Waals surface area (Å²) in [6.45, 7) is 1.60. The highest BCUT2D eigenvalue weighted by Gasteiger charge is 2.55. The number of esters is 1. The molecule has 2 rings (SSSR count). The van der Waals surface area contributed by atoms with Crippen molar-refractivity contribution in [3.63, 3.8) is 0 Å². The van der Waals surface area contributed by atoms with Crippen molar-refractivity contribution in [2.75, 3.05) is 0 Å². The summed E-state index contributed by atoms with van der Waals surface area (Å²) < 4.78 is 5.17. The van der Waals surface area contributed by atoms with Crippen LogP contribution in [0, 0.1) is 11.8 Å². The summed E-state index contributed by atoms with van der Waals surface area (Å²) >= 11 is 5.57. The molecule has 0 aliphatic heterocycles. The van der Waals surface area contributed by atoms with Gasteiger partial charge in [-0.15, -0.1) is 11.6 Å². The molecule has 1 N–H and O–H groups in total. The molecule has 0 unspecified atom stereocenters. The number of aliphatic hydroxyl groups is 1. The van der Waals surface area contributed by atoms with Crippen LogP contribution in [0.25, 0.3) is 0 Å². The van der Waals surface area contributed by atoms with E-state index < -0.39 is 5.38 Å². The second-order valence-corrected chi connectivity index (χ2v) is 4.61. The predicted molar refractivity (Wildman–Crippen MR) is 47.4 cm³/mol. The van der Waals surface area contributed by atoms with E-state index in [0.717, 1.165) is 6.42 Å². The van der Waals surface area contributed by atoms with Crippen molar-refractivity contribution in [3.05, 3.63) is 0 Å². The molecule has 5 atom stereocenters. The summed E-state index contributed by atoms with van der Waals surface area (Å²) in [5, 5.41) is 8.85. The summed E-state index contributed by atoms with van der Waals surface area (Å²) in [7, 11) is 0. The lowest BCUT2D eigenvalue weighted by Crippen LogP contribution is -2.24. The second kappa shape index (κ2) is 3.14. The number of carbonyl (C=O) groups is 1. The van der Waals surface area contributed by atoms with E-state index in [9.17, 15) is 9.90 Å². The Morgan fingerprint density at radius 2 is 2.23 bits per heavy atom. The van der Waals surface area contributed by atoms with Gasteiger partial charge in [-0.25, -0.2) is 0 Å². The topological polar surface area (TPSA) is 46.5 Å². The van der Waals surface area contributed by atoms with Crippen molar-refractivity contribution in [2.24, 2.45) is 11.8 Å². The molecule has 0 aromatic carbocycles. The van der Waals surface area contributed by atoms with E-state index in [4.69, 9.17) is 16.3 Å². The Labute approximate surface area is 82.0 Å². The van der Waals surface area contributed by atoms with Gasteiger partial charge in [0, 0.05) is 12.3 Å². The van der Waals surface area contributed by atoms with E-state index >= 15 is 0 Å². The van der Waals surface area contributed by atoms with Crippen LogP contribution in [0.2, 0.25) is 0 Å². The lowest BCUT2D eigenvalue weighted by molar-refractivity contribution is -0.149. The number of carbonyl (C=O) groups excluding carboxylic acids is 1. The van der Waals surface area contributed by atoms with Crippen LogP contribution in [0.1, 0.15) is 19.8 Å². The third kappa shape index (κ3) is 1.67. The summed E-state index contributed by atoms with van der Waals surface area (Å²) in [4.78, 5) is 11.1. The molecule has 0 aromatic rings. The van der Waals surface area contributed by atoms with Crippen molar-refractivity contribution in [1.29, 1.82) is 0 Å². The predicted octanol–water partition coefficient (Wildman–Crippen LogP) is 0.926. The van der Waals surface area contributed by atoms with Crippen molar-refractivity contribution in [1.82, 2.24) is 0 Å². The summed E-state index contributed by atoms with van der Waals surface area (Å²) in [5.74, 6) is 0.407. The van der Waals surface area contributed by atoms with Gasteiger partial charge in [-0.1, -0.05) is 0 Å². The molecule has 2 saturated carbocycles. The number of halogens is 1. The molecule has 13 heavy (non-hydrogen) atoms. The number of ether oxygens (including phenoxy) is 1. The van der Waals surface area contributed by atoms with E-state index in [0.29, 0.717) is 18.3 Å². The summed E-state index contributed by atoms with van der Waals surface area (Å²) in [6.07, 6.45) is 1.22. The van der Waals surface area contributed by atoms with Crippen molar-refractivity contribution >= 4 is 17.6 Å². The molecule has 0 bridgehead atoms. The van der Waals surface area contributed by atoms with Gasteiger partial charge in [0.2, 0.25) is 0 Å². The van der Waals surface area contributed by atoms with Crippen LogP contribution < -0.4 is 0 Å². The minimum Gasteiger partial charge on any atom is -0.461 e. The van der Waals surface area contributed by atoms with Crippen LogP contribution in [-0.2, 0) is 9.53 Å². The average Bonchev–Trinajstić information content (AvgIpc) is 2.76. The van der Waals surface area contributed by atoms with Gasteiger partial charge in [-0.2, -0.15) is 0 Å². The molecule has 0 spiro atoms. The van der Waals surface area contributed by atoms with Gasteiger partial charge in [0.1, 0.15) is 11.5 Å². The number of fused-ring (bicyclic) bond motifs is 1. The molecule has 2 aliphatic carbocycles. The van der Waals surface area contributed by atoms with Crippen LogP contribution >= 0.6 is 11.6 Å². The molecule has 3 nitrogen and oxygen atoms in total. The van der Waals surface area contributed by atoms with Gasteiger partial charge in [0.15, 0.2) is 0 Å². The highest BCUT2D eigenvalue weighted by Crippen LogP contribution is 2.53. The first-order chi connectivity index (χ1) is 6.09. The number of rotatable bonds is 2. The highest BCUT2D eigenvalue weighted by molar-refractivity contribution is 6.29. The Hall–Kier alpha value is -0.280. The van der Waals surface area contributed by atoms with Crippen molar-refractivity contribution in [2.45, 2.75) is 37.4 Å². The maximum Gasteiger partial charge on any atom is 0.324 e. The third-order valence-corrected chi connectivity index (χ3v) is 3.11. The SMILES string of the molecule is C[C@H](Cl)C(=O)O[C@H]1C[C@@H](O)[C@@H]2C[C@@H]21. The van der Waals surface area contributed by atoms with E-state index in [-0.39, 0.29) is 18.2 Å². The lowest BCUT2D eigenvalue weighted by atomic mass is 10.2. The maximum atomic E-state index is 11.1. The van der Waals surface area contributed by atoms with Gasteiger partial charge >= 0.3 is 5.97 Å². The smallest absolute Gasteiger partial charge is 0.324 e. The lowest BCUT2D eigenvalue weighted by Gasteiger charge is -2.15. The first kappa shape index (κ1) is 9.28. The van der Waals surface area contributed by atoms with Gasteiger partial charge in [-0.05, 0) is 19.3 Å². The zero-order valence-electron chi connectivity index (χ0n) is 7.44. The highest BCUT2D eigenvalue weighted by atomic mass is 35.5. The number of hydrogen-bond acceptors (Lipinski definition) is 3. The molecule has 0 amide bonds. The van der Waals surface area contributed by atoms with Gasteiger partial charge in [0.05, 0.1) is 6.10 Å². The van der Waals surface area contributed by atoms with Crippen molar-refractivity contribution < 1.29 is 14.6 Å². The Morgan fingerprint density at radius 3 is 2.62 bits per heavy atom. The molecule has 0 aromatic heterocycles.